The number of nitrogens with one attached hydrogen (secondary N) is 1. The fourth-order valence-electron chi connectivity index (χ4n) is 8.55. The minimum Gasteiger partial charge on any atom is -0.459 e. The zero-order chi connectivity index (χ0) is 41.0. The van der Waals surface area contributed by atoms with Gasteiger partial charge in [0.1, 0.15) is 29.9 Å². The lowest BCUT2D eigenvalue weighted by Gasteiger charge is -2.59. The van der Waals surface area contributed by atoms with E-state index < -0.39 is 34.9 Å². The summed E-state index contributed by atoms with van der Waals surface area (Å²) in [4.78, 5) is 45.2. The maximum atomic E-state index is 14.4. The van der Waals surface area contributed by atoms with Crippen LogP contribution in [-0.2, 0) is 9.57 Å². The number of amides is 2. The van der Waals surface area contributed by atoms with Crippen molar-refractivity contribution in [1.82, 2.24) is 10.2 Å². The molecule has 1 heterocycles. The van der Waals surface area contributed by atoms with Crippen molar-refractivity contribution in [3.8, 4) is 17.2 Å². The zero-order valence-corrected chi connectivity index (χ0v) is 33.1. The summed E-state index contributed by atoms with van der Waals surface area (Å²) in [6, 6.07) is 9.77. The molecule has 0 radical (unpaired) electrons. The van der Waals surface area contributed by atoms with Crippen molar-refractivity contribution in [3.05, 3.63) is 82.4 Å². The number of fused-ring (bicyclic) bond motifs is 2. The molecule has 2 aromatic rings. The van der Waals surface area contributed by atoms with Crippen LogP contribution in [0.25, 0.3) is 0 Å². The predicted octanol–water partition coefficient (Wildman–Crippen LogP) is 7.27. The van der Waals surface area contributed by atoms with Gasteiger partial charge < -0.3 is 39.3 Å². The Hall–Kier alpha value is -4.99. The van der Waals surface area contributed by atoms with E-state index in [1.165, 1.54) is 24.3 Å². The van der Waals surface area contributed by atoms with E-state index >= 15 is 0 Å². The van der Waals surface area contributed by atoms with Crippen molar-refractivity contribution in [3.63, 3.8) is 0 Å². The Morgan fingerprint density at radius 2 is 1.77 bits per heavy atom. The average Bonchev–Trinajstić information content (AvgIpc) is 3.20. The van der Waals surface area contributed by atoms with E-state index in [4.69, 9.17) is 23.8 Å². The summed E-state index contributed by atoms with van der Waals surface area (Å²) in [6.07, 6.45) is 7.58. The van der Waals surface area contributed by atoms with Crippen LogP contribution in [0.2, 0.25) is 0 Å². The maximum absolute atomic E-state index is 14.4. The highest BCUT2D eigenvalue weighted by molar-refractivity contribution is 6.03. The number of rotatable bonds is 20. The number of nitro benzene ring substituents is 1. The number of nitro groups is 1. The van der Waals surface area contributed by atoms with Gasteiger partial charge in [0.15, 0.2) is 0 Å². The van der Waals surface area contributed by atoms with Crippen molar-refractivity contribution in [2.24, 2.45) is 22.9 Å². The second-order valence-corrected chi connectivity index (χ2v) is 14.4. The fraction of sp³-hybridized carbons (Fsp3) is 0.548. The van der Waals surface area contributed by atoms with Gasteiger partial charge in [-0.05, 0) is 93.7 Å². The molecule has 57 heavy (non-hydrogen) atoms. The van der Waals surface area contributed by atoms with E-state index in [9.17, 15) is 29.9 Å². The molecule has 15 nitrogen and oxygen atoms in total. The Labute approximate surface area is 333 Å². The third kappa shape index (κ3) is 9.77. The number of ether oxygens (including phenoxy) is 4. The Morgan fingerprint density at radius 1 is 1.05 bits per heavy atom. The van der Waals surface area contributed by atoms with Gasteiger partial charge in [-0.2, -0.15) is 0 Å². The van der Waals surface area contributed by atoms with Crippen molar-refractivity contribution in [2.45, 2.75) is 89.9 Å². The number of carbonyl (C=O) groups excluding carboxylic acids is 2. The molecule has 1 fully saturated rings. The molecule has 6 atom stereocenters. The van der Waals surface area contributed by atoms with E-state index in [-0.39, 0.29) is 62.0 Å². The molecule has 6 unspecified atom stereocenters. The highest BCUT2D eigenvalue weighted by Gasteiger charge is 2.65. The molecule has 0 bridgehead atoms. The van der Waals surface area contributed by atoms with Gasteiger partial charge >= 0.3 is 12.2 Å². The molecule has 3 N–H and O–H groups in total. The Kier molecular flexibility index (Phi) is 15.5. The number of nitrogens with zero attached hydrogens (tertiary/aromatic N) is 3. The van der Waals surface area contributed by atoms with E-state index in [2.05, 4.69) is 23.1 Å². The van der Waals surface area contributed by atoms with Crippen molar-refractivity contribution < 1.29 is 48.5 Å². The second kappa shape index (κ2) is 20.4. The lowest BCUT2D eigenvalue weighted by Crippen LogP contribution is -2.70. The summed E-state index contributed by atoms with van der Waals surface area (Å²) < 4.78 is 25.7. The third-order valence-electron chi connectivity index (χ3n) is 10.8. The summed E-state index contributed by atoms with van der Waals surface area (Å²) in [7, 11) is 0. The van der Waals surface area contributed by atoms with Crippen LogP contribution in [0.1, 0.15) is 83.6 Å². The van der Waals surface area contributed by atoms with Gasteiger partial charge in [0.05, 0.1) is 23.2 Å². The minimum absolute atomic E-state index is 0.0183. The molecule has 15 heteroatoms. The summed E-state index contributed by atoms with van der Waals surface area (Å²) in [5.74, 6) is -1.45. The van der Waals surface area contributed by atoms with Crippen molar-refractivity contribution in [1.29, 1.82) is 0 Å². The third-order valence-corrected chi connectivity index (χ3v) is 10.8. The van der Waals surface area contributed by atoms with E-state index in [0.717, 1.165) is 36.8 Å². The molecule has 3 aliphatic rings. The normalized spacial score (nSPS) is 23.9. The Morgan fingerprint density at radius 3 is 2.42 bits per heavy atom. The summed E-state index contributed by atoms with van der Waals surface area (Å²) in [5.41, 5.74) is 2.16. The van der Waals surface area contributed by atoms with Crippen molar-refractivity contribution in [2.75, 3.05) is 39.5 Å². The topological polar surface area (TPSA) is 192 Å². The molecule has 2 aromatic carbocycles. The first-order valence-electron chi connectivity index (χ1n) is 20.0. The number of hydrogen-bond donors (Lipinski definition) is 3. The number of benzene rings is 2. The van der Waals surface area contributed by atoms with Crippen LogP contribution in [0.5, 0.6) is 17.2 Å². The van der Waals surface area contributed by atoms with E-state index in [1.807, 2.05) is 19.9 Å². The van der Waals surface area contributed by atoms with Gasteiger partial charge in [0.2, 0.25) is 5.79 Å². The second-order valence-electron chi connectivity index (χ2n) is 14.4. The zero-order valence-electron chi connectivity index (χ0n) is 33.1. The van der Waals surface area contributed by atoms with Crippen LogP contribution in [0, 0.1) is 27.9 Å². The quantitative estimate of drug-likeness (QED) is 0.0529. The lowest BCUT2D eigenvalue weighted by atomic mass is 9.55. The molecule has 2 aliphatic carbocycles. The molecule has 1 saturated carbocycles. The molecule has 310 valence electrons. The van der Waals surface area contributed by atoms with Gasteiger partial charge in [-0.1, -0.05) is 37.1 Å². The molecule has 0 aromatic heterocycles. The highest BCUT2D eigenvalue weighted by atomic mass is 16.7. The smallest absolute Gasteiger partial charge is 0.415 e. The van der Waals surface area contributed by atoms with Crippen molar-refractivity contribution >= 4 is 23.6 Å². The first-order chi connectivity index (χ1) is 27.7. The van der Waals surface area contributed by atoms with Crippen LogP contribution >= 0.6 is 0 Å². The van der Waals surface area contributed by atoms with Gasteiger partial charge in [-0.15, -0.1) is 6.58 Å². The number of carbonyl (C=O) groups is 2. The maximum Gasteiger partial charge on any atom is 0.415 e. The lowest BCUT2D eigenvalue weighted by molar-refractivity contribution is -0.384. The Balaban J connectivity index is 1.74. The van der Waals surface area contributed by atoms with Crippen LogP contribution < -0.4 is 19.5 Å². The number of allylic oxidation sites excluding steroid dienone is 1. The molecular formula is C42H56N4O11. The van der Waals surface area contributed by atoms with Gasteiger partial charge in [-0.3, -0.25) is 15.0 Å². The molecular weight excluding hydrogens is 736 g/mol. The van der Waals surface area contributed by atoms with Gasteiger partial charge in [0, 0.05) is 56.3 Å². The van der Waals surface area contributed by atoms with Crippen LogP contribution in [0.3, 0.4) is 0 Å². The van der Waals surface area contributed by atoms with Crippen LogP contribution in [0.15, 0.2) is 71.9 Å². The SMILES string of the molecule is C=CCOC12Oc3ccc(OC(=O)NCC)cc3C3C(CCCCO)C(CCCCO)C=C(C(=NOCC)CC1N(CCC)C(=O)Oc1ccc([N+](=O)[O-])cc1)C32. The summed E-state index contributed by atoms with van der Waals surface area (Å²) in [5, 5.41) is 38.3. The predicted molar refractivity (Wildman–Crippen MR) is 212 cm³/mol. The fourth-order valence-corrected chi connectivity index (χ4v) is 8.55. The molecule has 5 rings (SSSR count). The number of non-ortho nitro benzene ring substituents is 1. The standard InChI is InChI=1S/C42H56N4O11/c1-5-21-45(41(50)56-30-17-15-29(16-18-30)46(51)52)37-27-35(44-54-8-4)33-25-28(13-9-11-22-47)32(14-10-12-23-48)38-34-26-31(55-40(49)43-7-3)19-20-36(34)57-42(37,39(33)38)53-24-6-2/h6,15-20,25-26,28,32,37-39,47-48H,2,5,7-14,21-24,27H2,1,3-4H3,(H,43,49). The Bertz CT molecular complexity index is 1770. The number of aliphatic hydroxyl groups is 2. The minimum atomic E-state index is -1.51. The monoisotopic (exact) mass is 792 g/mol. The number of unbranched alkanes of at least 4 members (excludes halogenated alkanes) is 2. The first-order valence-corrected chi connectivity index (χ1v) is 20.0. The number of hydrogen-bond acceptors (Lipinski definition) is 12. The molecule has 0 spiro atoms. The van der Waals surface area contributed by atoms with Gasteiger partial charge in [-0.25, -0.2) is 9.59 Å². The number of aliphatic hydroxyl groups excluding tert-OH is 2. The summed E-state index contributed by atoms with van der Waals surface area (Å²) >= 11 is 0. The molecule has 0 saturated heterocycles. The van der Waals surface area contributed by atoms with E-state index in [0.29, 0.717) is 49.6 Å². The first kappa shape index (κ1) is 43.1. The average molecular weight is 793 g/mol. The van der Waals surface area contributed by atoms with E-state index in [1.54, 1.807) is 30.0 Å². The van der Waals surface area contributed by atoms with Gasteiger partial charge in [0.25, 0.3) is 5.69 Å². The van der Waals surface area contributed by atoms with Crippen LogP contribution in [0.4, 0.5) is 15.3 Å². The summed E-state index contributed by atoms with van der Waals surface area (Å²) in [6.45, 7) is 10.7. The largest absolute Gasteiger partial charge is 0.459 e. The number of oxime groups is 1. The highest BCUT2D eigenvalue weighted by Crippen LogP contribution is 2.62. The molecule has 2 amide bonds. The molecule has 1 aliphatic heterocycles. The van der Waals surface area contributed by atoms with Crippen LogP contribution in [-0.4, -0.2) is 89.3 Å².